The lowest BCUT2D eigenvalue weighted by atomic mass is 9.90. The Balaban J connectivity index is 0.00000162. The van der Waals surface area contributed by atoms with Crippen molar-refractivity contribution in [1.82, 2.24) is 5.43 Å². The molecule has 5 nitrogen and oxygen atoms in total. The van der Waals surface area contributed by atoms with E-state index in [1.807, 2.05) is 18.2 Å². The molecule has 0 bridgehead atoms. The van der Waals surface area contributed by atoms with Crippen LogP contribution in [0.5, 0.6) is 0 Å². The van der Waals surface area contributed by atoms with Crippen molar-refractivity contribution in [2.24, 2.45) is 16.0 Å². The number of hydrazone groups is 2. The molecule has 0 heterocycles. The molecule has 0 spiro atoms. The zero-order valence-corrected chi connectivity index (χ0v) is 10.6. The molecule has 0 unspecified atom stereocenters. The van der Waals surface area contributed by atoms with Gasteiger partial charge in [-0.1, -0.05) is 24.3 Å². The Kier molecular flexibility index (Phi) is 4.62. The number of carbonyl (C=O) groups is 1. The van der Waals surface area contributed by atoms with Crippen molar-refractivity contribution in [2.75, 3.05) is 0 Å². The number of nitrogens with zero attached hydrogens (tertiary/aromatic N) is 2. The quantitative estimate of drug-likeness (QED) is 0.367. The summed E-state index contributed by atoms with van der Waals surface area (Å²) in [6, 6.07) is 7.35. The fourth-order valence-electron chi connectivity index (χ4n) is 1.69. The predicted molar refractivity (Wildman–Crippen MR) is 74.1 cm³/mol. The van der Waals surface area contributed by atoms with Gasteiger partial charge in [0, 0.05) is 11.1 Å². The molecule has 2 rings (SSSR count). The van der Waals surface area contributed by atoms with Gasteiger partial charge in [-0.15, -0.1) is 12.4 Å². The summed E-state index contributed by atoms with van der Waals surface area (Å²) in [7, 11) is 0. The molecule has 0 fully saturated rings. The van der Waals surface area contributed by atoms with Crippen molar-refractivity contribution in [1.29, 1.82) is 0 Å². The number of nitrogens with two attached hydrogens (primary N) is 1. The fraction of sp³-hybridized carbons (Fsp3) is 0.0833. The number of hydrogen-bond acceptors (Lipinski definition) is 4. The molecule has 1 aliphatic carbocycles. The lowest BCUT2D eigenvalue weighted by Crippen LogP contribution is -2.18. The third-order valence-corrected chi connectivity index (χ3v) is 2.48. The molecule has 6 heteroatoms. The van der Waals surface area contributed by atoms with Crippen LogP contribution in [0, 0.1) is 0 Å². The van der Waals surface area contributed by atoms with Crippen LogP contribution in [0.4, 0.5) is 0 Å². The molecule has 0 aliphatic heterocycles. The van der Waals surface area contributed by atoms with Crippen molar-refractivity contribution in [3.8, 4) is 0 Å². The van der Waals surface area contributed by atoms with Gasteiger partial charge in [0.05, 0.1) is 5.71 Å². The zero-order chi connectivity index (χ0) is 12.3. The summed E-state index contributed by atoms with van der Waals surface area (Å²) in [6.45, 7) is 1.77. The van der Waals surface area contributed by atoms with Gasteiger partial charge < -0.3 is 5.84 Å². The van der Waals surface area contributed by atoms with Crippen LogP contribution in [0.25, 0.3) is 0 Å². The second-order valence-corrected chi connectivity index (χ2v) is 3.61. The Morgan fingerprint density at radius 3 is 2.61 bits per heavy atom. The average molecular weight is 265 g/mol. The van der Waals surface area contributed by atoms with Crippen molar-refractivity contribution in [3.05, 3.63) is 47.0 Å². The van der Waals surface area contributed by atoms with Crippen LogP contribution in [0.3, 0.4) is 0 Å². The summed E-state index contributed by atoms with van der Waals surface area (Å²) in [5.74, 6) is 4.99. The van der Waals surface area contributed by atoms with Gasteiger partial charge in [0.25, 0.3) is 0 Å². The number of carbonyl (C=O) groups excluding carboxylic acids is 1. The van der Waals surface area contributed by atoms with Gasteiger partial charge in [0.15, 0.2) is 5.78 Å². The third kappa shape index (κ3) is 2.57. The lowest BCUT2D eigenvalue weighted by Gasteiger charge is -2.14. The molecule has 1 aliphatic rings. The van der Waals surface area contributed by atoms with Gasteiger partial charge in [0.1, 0.15) is 6.34 Å². The number of fused-ring (bicyclic) bond motifs is 1. The van der Waals surface area contributed by atoms with E-state index in [-0.39, 0.29) is 18.2 Å². The zero-order valence-electron chi connectivity index (χ0n) is 9.75. The molecule has 3 N–H and O–H groups in total. The van der Waals surface area contributed by atoms with Crippen LogP contribution < -0.4 is 11.3 Å². The maximum atomic E-state index is 11.9. The normalized spacial score (nSPS) is 16.2. The molecule has 1 aromatic carbocycles. The number of Topliss-reactive ketones (excluding diaryl/α,β-unsaturated/α-hetero) is 1. The first kappa shape index (κ1) is 13.9. The minimum Gasteiger partial charge on any atom is -0.322 e. The largest absolute Gasteiger partial charge is 0.322 e. The van der Waals surface area contributed by atoms with E-state index in [1.54, 1.807) is 19.1 Å². The molecule has 94 valence electrons. The van der Waals surface area contributed by atoms with Crippen LogP contribution in [0.2, 0.25) is 0 Å². The van der Waals surface area contributed by atoms with E-state index in [0.29, 0.717) is 16.8 Å². The number of rotatable bonds is 2. The number of halogens is 1. The van der Waals surface area contributed by atoms with Crippen LogP contribution in [-0.2, 0) is 0 Å². The van der Waals surface area contributed by atoms with Gasteiger partial charge in [-0.25, -0.2) is 0 Å². The molecule has 0 saturated heterocycles. The maximum absolute atomic E-state index is 11.9. The van der Waals surface area contributed by atoms with Crippen LogP contribution >= 0.6 is 12.4 Å². The molecular formula is C12H13ClN4O. The first-order valence-corrected chi connectivity index (χ1v) is 5.11. The highest BCUT2D eigenvalue weighted by atomic mass is 35.5. The smallest absolute Gasteiger partial charge is 0.189 e. The number of benzene rings is 1. The summed E-state index contributed by atoms with van der Waals surface area (Å²) in [4.78, 5) is 11.9. The van der Waals surface area contributed by atoms with Gasteiger partial charge in [-0.05, 0) is 18.6 Å². The van der Waals surface area contributed by atoms with Crippen LogP contribution in [-0.4, -0.2) is 17.8 Å². The van der Waals surface area contributed by atoms with E-state index < -0.39 is 0 Å². The summed E-state index contributed by atoms with van der Waals surface area (Å²) < 4.78 is 0. The van der Waals surface area contributed by atoms with Crippen molar-refractivity contribution in [2.45, 2.75) is 6.92 Å². The second kappa shape index (κ2) is 5.97. The molecule has 0 saturated carbocycles. The standard InChI is InChI=1S/C12H12N4O.ClH/c1-8-6-11(16-15-7-14-13)9-4-2-3-5-10(9)12(8)17;/h2-7H,13H2,1H3,(H,14,15);1H. The average Bonchev–Trinajstić information content (AvgIpc) is 2.36. The SMILES string of the molecule is CC1=CC(=NNC=NN)c2ccccc2C1=O.Cl. The highest BCUT2D eigenvalue weighted by molar-refractivity contribution is 6.25. The molecule has 1 aromatic rings. The van der Waals surface area contributed by atoms with E-state index in [4.69, 9.17) is 5.84 Å². The Morgan fingerprint density at radius 1 is 1.28 bits per heavy atom. The molecule has 0 amide bonds. The molecule has 0 atom stereocenters. The predicted octanol–water partition coefficient (Wildman–Crippen LogP) is 1.45. The van der Waals surface area contributed by atoms with Gasteiger partial charge in [-0.3, -0.25) is 10.2 Å². The van der Waals surface area contributed by atoms with Gasteiger partial charge in [0.2, 0.25) is 0 Å². The fourth-order valence-corrected chi connectivity index (χ4v) is 1.69. The van der Waals surface area contributed by atoms with Crippen molar-refractivity contribution >= 4 is 30.2 Å². The summed E-state index contributed by atoms with van der Waals surface area (Å²) in [5, 5.41) is 7.39. The summed E-state index contributed by atoms with van der Waals surface area (Å²) in [6.07, 6.45) is 3.01. The Bertz CT molecular complexity index is 549. The topological polar surface area (TPSA) is 79.8 Å². The first-order chi connectivity index (χ1) is 8.24. The third-order valence-electron chi connectivity index (χ3n) is 2.48. The first-order valence-electron chi connectivity index (χ1n) is 5.11. The van der Waals surface area contributed by atoms with Crippen LogP contribution in [0.15, 0.2) is 46.1 Å². The van der Waals surface area contributed by atoms with Crippen molar-refractivity contribution in [3.63, 3.8) is 0 Å². The lowest BCUT2D eigenvalue weighted by molar-refractivity contribution is 0.103. The monoisotopic (exact) mass is 264 g/mol. The maximum Gasteiger partial charge on any atom is 0.189 e. The van der Waals surface area contributed by atoms with Crippen molar-refractivity contribution < 1.29 is 4.79 Å². The van der Waals surface area contributed by atoms with E-state index in [2.05, 4.69) is 15.6 Å². The van der Waals surface area contributed by atoms with Gasteiger partial charge in [-0.2, -0.15) is 10.2 Å². The number of ketones is 1. The molecule has 0 radical (unpaired) electrons. The van der Waals surface area contributed by atoms with E-state index in [9.17, 15) is 4.79 Å². The molecular weight excluding hydrogens is 252 g/mol. The van der Waals surface area contributed by atoms with E-state index in [1.165, 1.54) is 6.34 Å². The Morgan fingerprint density at radius 2 is 1.94 bits per heavy atom. The summed E-state index contributed by atoms with van der Waals surface area (Å²) in [5.41, 5.74) is 5.42. The number of allylic oxidation sites excluding steroid dienone is 2. The molecule has 0 aromatic heterocycles. The minimum absolute atomic E-state index is 0. The summed E-state index contributed by atoms with van der Waals surface area (Å²) >= 11 is 0. The van der Waals surface area contributed by atoms with E-state index in [0.717, 1.165) is 5.56 Å². The highest BCUT2D eigenvalue weighted by Gasteiger charge is 2.20. The number of nitrogens with one attached hydrogen (secondary N) is 1. The highest BCUT2D eigenvalue weighted by Crippen LogP contribution is 2.20. The number of hydrogen-bond donors (Lipinski definition) is 2. The van der Waals surface area contributed by atoms with Gasteiger partial charge >= 0.3 is 0 Å². The van der Waals surface area contributed by atoms with Crippen LogP contribution in [0.1, 0.15) is 22.8 Å². The Labute approximate surface area is 111 Å². The van der Waals surface area contributed by atoms with E-state index >= 15 is 0 Å². The minimum atomic E-state index is 0. The Hall–Kier alpha value is -2.14. The molecule has 18 heavy (non-hydrogen) atoms. The second-order valence-electron chi connectivity index (χ2n) is 3.61.